The summed E-state index contributed by atoms with van der Waals surface area (Å²) in [6.07, 6.45) is 0. The van der Waals surface area contributed by atoms with Gasteiger partial charge in [-0.1, -0.05) is 158 Å². The Morgan fingerprint density at radius 1 is 0.317 bits per heavy atom. The lowest BCUT2D eigenvalue weighted by Crippen LogP contribution is -2.28. The van der Waals surface area contributed by atoms with E-state index in [1.165, 1.54) is 117 Å². The van der Waals surface area contributed by atoms with Gasteiger partial charge in [-0.3, -0.25) is 0 Å². The number of hydrogen-bond acceptors (Lipinski definition) is 2. The standard InChI is InChI=1S/C61H46N2/c1-4-62(3)40-31-33-47-49-37-58-50(38-57(49)60(55(47)35-40)51-26-14-9-22-43(51)44-23-10-15-27-52(44)60)48-34-32-41(63(5-2)59-30-18-13-21-42(59)39-19-7-6-8-20-39)36-56(48)61(58)53-28-16-11-24-45(53)46-25-12-17-29-54(46)61/h6-38H,4-5H2,1-3H3. The number of para-hydroxylation sites is 1. The van der Waals surface area contributed by atoms with E-state index in [9.17, 15) is 0 Å². The van der Waals surface area contributed by atoms with E-state index in [1.54, 1.807) is 0 Å². The molecule has 2 spiro atoms. The van der Waals surface area contributed by atoms with E-state index < -0.39 is 10.8 Å². The summed E-state index contributed by atoms with van der Waals surface area (Å²) in [5.41, 5.74) is 26.7. The summed E-state index contributed by atoms with van der Waals surface area (Å²) in [4.78, 5) is 4.88. The number of anilines is 3. The molecule has 4 aliphatic carbocycles. The van der Waals surface area contributed by atoms with E-state index in [0.717, 1.165) is 13.1 Å². The normalized spacial score (nSPS) is 14.3. The van der Waals surface area contributed by atoms with E-state index >= 15 is 0 Å². The van der Waals surface area contributed by atoms with E-state index in [0.29, 0.717) is 0 Å². The van der Waals surface area contributed by atoms with Crippen LogP contribution in [0.4, 0.5) is 17.1 Å². The van der Waals surface area contributed by atoms with E-state index in [4.69, 9.17) is 0 Å². The number of rotatable bonds is 6. The maximum atomic E-state index is 2.63. The summed E-state index contributed by atoms with van der Waals surface area (Å²) >= 11 is 0. The molecule has 9 aromatic carbocycles. The van der Waals surface area contributed by atoms with Gasteiger partial charge in [0.1, 0.15) is 0 Å². The second kappa shape index (κ2) is 13.3. The fourth-order valence-electron chi connectivity index (χ4n) is 12.4. The highest BCUT2D eigenvalue weighted by atomic mass is 15.1. The quantitative estimate of drug-likeness (QED) is 0.165. The maximum absolute atomic E-state index is 2.63. The summed E-state index contributed by atoms with van der Waals surface area (Å²) in [5.74, 6) is 0. The zero-order valence-corrected chi connectivity index (χ0v) is 35.9. The molecule has 0 saturated carbocycles. The van der Waals surface area contributed by atoms with Crippen LogP contribution in [0.2, 0.25) is 0 Å². The van der Waals surface area contributed by atoms with Crippen molar-refractivity contribution in [2.75, 3.05) is 29.9 Å². The largest absolute Gasteiger partial charge is 0.375 e. The van der Waals surface area contributed by atoms with Crippen LogP contribution in [0.3, 0.4) is 0 Å². The van der Waals surface area contributed by atoms with Gasteiger partial charge in [0, 0.05) is 42.8 Å². The van der Waals surface area contributed by atoms with Crippen LogP contribution in [0.1, 0.15) is 58.4 Å². The van der Waals surface area contributed by atoms with Crippen molar-refractivity contribution in [1.82, 2.24) is 0 Å². The molecule has 0 heterocycles. The van der Waals surface area contributed by atoms with Gasteiger partial charge in [0.2, 0.25) is 0 Å². The Bertz CT molecular complexity index is 3260. The number of fused-ring (bicyclic) bond motifs is 20. The van der Waals surface area contributed by atoms with Crippen LogP contribution >= 0.6 is 0 Å². The van der Waals surface area contributed by atoms with E-state index in [1.807, 2.05) is 0 Å². The molecule has 0 fully saturated rings. The molecule has 2 heteroatoms. The third-order valence-electron chi connectivity index (χ3n) is 15.1. The fraction of sp³-hybridized carbons (Fsp3) is 0.115. The van der Waals surface area contributed by atoms with Gasteiger partial charge < -0.3 is 9.80 Å². The summed E-state index contributed by atoms with van der Waals surface area (Å²) in [7, 11) is 2.21. The number of benzene rings is 9. The Hall–Kier alpha value is -7.42. The van der Waals surface area contributed by atoms with Crippen LogP contribution in [0.5, 0.6) is 0 Å². The first-order valence-electron chi connectivity index (χ1n) is 22.6. The first-order valence-corrected chi connectivity index (χ1v) is 22.6. The average Bonchev–Trinajstić information content (AvgIpc) is 4.02. The number of nitrogens with zero attached hydrogens (tertiary/aromatic N) is 2. The third-order valence-corrected chi connectivity index (χ3v) is 15.1. The van der Waals surface area contributed by atoms with Crippen LogP contribution in [-0.4, -0.2) is 20.1 Å². The molecule has 4 aliphatic rings. The summed E-state index contributed by atoms with van der Waals surface area (Å²) in [6, 6.07) is 76.4. The molecule has 63 heavy (non-hydrogen) atoms. The highest BCUT2D eigenvalue weighted by molar-refractivity contribution is 6.02. The Labute approximate surface area is 370 Å². The minimum atomic E-state index is -0.509. The first kappa shape index (κ1) is 36.3. The van der Waals surface area contributed by atoms with Gasteiger partial charge in [0.15, 0.2) is 0 Å². The zero-order valence-electron chi connectivity index (χ0n) is 35.9. The lowest BCUT2D eigenvalue weighted by atomic mass is 9.68. The molecule has 2 nitrogen and oxygen atoms in total. The maximum Gasteiger partial charge on any atom is 0.0726 e. The van der Waals surface area contributed by atoms with Crippen molar-refractivity contribution in [3.63, 3.8) is 0 Å². The number of hydrogen-bond donors (Lipinski definition) is 0. The van der Waals surface area contributed by atoms with Crippen LogP contribution < -0.4 is 9.80 Å². The first-order chi connectivity index (χ1) is 31.1. The van der Waals surface area contributed by atoms with Crippen molar-refractivity contribution < 1.29 is 0 Å². The Morgan fingerprint density at radius 3 is 1.17 bits per heavy atom. The van der Waals surface area contributed by atoms with Gasteiger partial charge in [-0.05, 0) is 151 Å². The van der Waals surface area contributed by atoms with Gasteiger partial charge in [0.25, 0.3) is 0 Å². The highest BCUT2D eigenvalue weighted by Crippen LogP contribution is 2.68. The van der Waals surface area contributed by atoms with Crippen LogP contribution in [0.15, 0.2) is 200 Å². The predicted molar refractivity (Wildman–Crippen MR) is 263 cm³/mol. The average molecular weight is 807 g/mol. The van der Waals surface area contributed by atoms with Gasteiger partial charge in [-0.25, -0.2) is 0 Å². The third kappa shape index (κ3) is 4.58. The highest BCUT2D eigenvalue weighted by Gasteiger charge is 2.56. The second-order valence-corrected chi connectivity index (χ2v) is 17.7. The van der Waals surface area contributed by atoms with Crippen molar-refractivity contribution in [1.29, 1.82) is 0 Å². The molecule has 0 radical (unpaired) electrons. The van der Waals surface area contributed by atoms with Gasteiger partial charge in [0.05, 0.1) is 10.8 Å². The fourth-order valence-corrected chi connectivity index (χ4v) is 12.4. The lowest BCUT2D eigenvalue weighted by molar-refractivity contribution is 0.782. The Balaban J connectivity index is 1.12. The smallest absolute Gasteiger partial charge is 0.0726 e. The van der Waals surface area contributed by atoms with Crippen LogP contribution in [-0.2, 0) is 10.8 Å². The molecular weight excluding hydrogens is 761 g/mol. The molecule has 0 saturated heterocycles. The monoisotopic (exact) mass is 806 g/mol. The molecule has 13 rings (SSSR count). The van der Waals surface area contributed by atoms with Crippen LogP contribution in [0, 0.1) is 0 Å². The van der Waals surface area contributed by atoms with E-state index in [2.05, 4.69) is 231 Å². The minimum absolute atomic E-state index is 0.459. The molecule has 0 amide bonds. The van der Waals surface area contributed by atoms with Gasteiger partial charge in [-0.15, -0.1) is 0 Å². The Kier molecular flexibility index (Phi) is 7.65. The van der Waals surface area contributed by atoms with E-state index in [-0.39, 0.29) is 0 Å². The molecule has 300 valence electrons. The molecule has 0 aromatic heterocycles. The summed E-state index contributed by atoms with van der Waals surface area (Å²) < 4.78 is 0. The van der Waals surface area contributed by atoms with Crippen molar-refractivity contribution in [2.24, 2.45) is 0 Å². The topological polar surface area (TPSA) is 6.48 Å². The van der Waals surface area contributed by atoms with Gasteiger partial charge >= 0.3 is 0 Å². The zero-order chi connectivity index (χ0) is 42.0. The van der Waals surface area contributed by atoms with Crippen molar-refractivity contribution in [3.8, 4) is 55.6 Å². The van der Waals surface area contributed by atoms with Crippen LogP contribution in [0.25, 0.3) is 55.6 Å². The minimum Gasteiger partial charge on any atom is -0.375 e. The predicted octanol–water partition coefficient (Wildman–Crippen LogP) is 14.7. The van der Waals surface area contributed by atoms with Crippen molar-refractivity contribution in [3.05, 3.63) is 245 Å². The lowest BCUT2D eigenvalue weighted by Gasteiger charge is -2.33. The molecular formula is C61H46N2. The molecule has 0 unspecified atom stereocenters. The SMILES string of the molecule is CCN(C)c1ccc2c(c1)C1(c3ccccc3-c3ccccc31)c1cc3c(cc1-2)C1(c2ccccc2-c2ccccc21)c1cc(N(CC)c2ccccc2-c2ccccc2)ccc1-3. The molecule has 0 atom stereocenters. The molecule has 0 bridgehead atoms. The van der Waals surface area contributed by atoms with Gasteiger partial charge in [-0.2, -0.15) is 0 Å². The second-order valence-electron chi connectivity index (χ2n) is 17.7. The molecule has 0 N–H and O–H groups in total. The Morgan fingerprint density at radius 2 is 0.698 bits per heavy atom. The van der Waals surface area contributed by atoms with Crippen molar-refractivity contribution >= 4 is 17.1 Å². The molecule has 9 aromatic rings. The molecule has 0 aliphatic heterocycles. The summed E-state index contributed by atoms with van der Waals surface area (Å²) in [5, 5.41) is 0. The summed E-state index contributed by atoms with van der Waals surface area (Å²) in [6.45, 7) is 6.29. The van der Waals surface area contributed by atoms with Crippen molar-refractivity contribution in [2.45, 2.75) is 24.7 Å².